The van der Waals surface area contributed by atoms with Crippen molar-refractivity contribution in [1.82, 2.24) is 0 Å². The molecule has 0 saturated carbocycles. The monoisotopic (exact) mass is 148 g/mol. The fraction of sp³-hybridized carbons (Fsp3) is 0.833. The van der Waals surface area contributed by atoms with E-state index >= 15 is 0 Å². The molecule has 0 saturated heterocycles. The van der Waals surface area contributed by atoms with Crippen molar-refractivity contribution in [3.05, 3.63) is 0 Å². The molecule has 1 N–H and O–H groups in total. The van der Waals surface area contributed by atoms with Crippen LogP contribution >= 0.6 is 11.8 Å². The standard InChI is InChI=1S/C6H12O2S/c1-5(3-4-7)9-6(2)8/h5,7H,3-4H2,1-2H3. The molecule has 0 rings (SSSR count). The van der Waals surface area contributed by atoms with Gasteiger partial charge in [-0.3, -0.25) is 4.79 Å². The predicted molar refractivity (Wildman–Crippen MR) is 39.4 cm³/mol. The molecule has 0 amide bonds. The molecule has 0 spiro atoms. The number of rotatable bonds is 3. The van der Waals surface area contributed by atoms with Gasteiger partial charge in [-0.05, 0) is 6.42 Å². The van der Waals surface area contributed by atoms with Crippen LogP contribution in [0.1, 0.15) is 20.3 Å². The number of carbonyl (C=O) groups is 1. The van der Waals surface area contributed by atoms with Crippen molar-refractivity contribution in [2.45, 2.75) is 25.5 Å². The van der Waals surface area contributed by atoms with E-state index < -0.39 is 0 Å². The minimum absolute atomic E-state index is 0.121. The van der Waals surface area contributed by atoms with Crippen LogP contribution < -0.4 is 0 Å². The summed E-state index contributed by atoms with van der Waals surface area (Å²) in [6.07, 6.45) is 0.699. The average Bonchev–Trinajstić information content (AvgIpc) is 1.63. The van der Waals surface area contributed by atoms with Gasteiger partial charge in [0.1, 0.15) is 0 Å². The third-order valence-corrected chi connectivity index (χ3v) is 1.87. The summed E-state index contributed by atoms with van der Waals surface area (Å²) in [5.41, 5.74) is 0. The van der Waals surface area contributed by atoms with E-state index in [0.29, 0.717) is 6.42 Å². The van der Waals surface area contributed by atoms with Crippen LogP contribution in [0.3, 0.4) is 0 Å². The zero-order valence-electron chi connectivity index (χ0n) is 5.76. The zero-order valence-corrected chi connectivity index (χ0v) is 6.57. The molecule has 0 aliphatic heterocycles. The first kappa shape index (κ1) is 8.98. The van der Waals surface area contributed by atoms with Crippen molar-refractivity contribution >= 4 is 16.9 Å². The van der Waals surface area contributed by atoms with Crippen LogP contribution in [0.25, 0.3) is 0 Å². The lowest BCUT2D eigenvalue weighted by atomic mass is 10.3. The minimum atomic E-state index is 0.121. The van der Waals surface area contributed by atoms with Gasteiger partial charge in [0.2, 0.25) is 0 Å². The van der Waals surface area contributed by atoms with Crippen LogP contribution in [0.2, 0.25) is 0 Å². The summed E-state index contributed by atoms with van der Waals surface area (Å²) in [5.74, 6) is 0. The Morgan fingerprint density at radius 3 is 2.67 bits per heavy atom. The van der Waals surface area contributed by atoms with Gasteiger partial charge >= 0.3 is 0 Å². The van der Waals surface area contributed by atoms with Gasteiger partial charge in [-0.1, -0.05) is 18.7 Å². The van der Waals surface area contributed by atoms with Gasteiger partial charge in [0.05, 0.1) is 0 Å². The van der Waals surface area contributed by atoms with E-state index in [2.05, 4.69) is 0 Å². The highest BCUT2D eigenvalue weighted by Crippen LogP contribution is 2.13. The quantitative estimate of drug-likeness (QED) is 0.649. The first-order valence-corrected chi connectivity index (χ1v) is 3.83. The Bertz CT molecular complexity index is 93.1. The fourth-order valence-electron chi connectivity index (χ4n) is 0.524. The number of carbonyl (C=O) groups excluding carboxylic acids is 1. The Hall–Kier alpha value is -0.0200. The fourth-order valence-corrected chi connectivity index (χ4v) is 1.31. The van der Waals surface area contributed by atoms with Crippen molar-refractivity contribution in [2.24, 2.45) is 0 Å². The SMILES string of the molecule is CC(=O)SC(C)CCO. The Balaban J connectivity index is 3.26. The van der Waals surface area contributed by atoms with Crippen LogP contribution in [0.4, 0.5) is 0 Å². The minimum Gasteiger partial charge on any atom is -0.396 e. The van der Waals surface area contributed by atoms with Gasteiger partial charge in [-0.25, -0.2) is 0 Å². The lowest BCUT2D eigenvalue weighted by Crippen LogP contribution is -2.01. The normalized spacial score (nSPS) is 13.2. The molecular formula is C6H12O2S. The maximum Gasteiger partial charge on any atom is 0.186 e. The van der Waals surface area contributed by atoms with Crippen molar-refractivity contribution in [1.29, 1.82) is 0 Å². The van der Waals surface area contributed by atoms with E-state index in [9.17, 15) is 4.79 Å². The molecule has 0 aromatic carbocycles. The topological polar surface area (TPSA) is 37.3 Å². The molecule has 0 fully saturated rings. The van der Waals surface area contributed by atoms with Crippen LogP contribution in [0.15, 0.2) is 0 Å². The molecule has 0 aliphatic carbocycles. The van der Waals surface area contributed by atoms with Gasteiger partial charge in [0.25, 0.3) is 0 Å². The summed E-state index contributed by atoms with van der Waals surface area (Å²) in [6.45, 7) is 3.64. The van der Waals surface area contributed by atoms with E-state index in [-0.39, 0.29) is 17.0 Å². The highest BCUT2D eigenvalue weighted by molar-refractivity contribution is 8.14. The number of hydrogen-bond acceptors (Lipinski definition) is 3. The van der Waals surface area contributed by atoms with Crippen molar-refractivity contribution in [3.8, 4) is 0 Å². The lowest BCUT2D eigenvalue weighted by Gasteiger charge is -2.03. The van der Waals surface area contributed by atoms with Crippen LogP contribution in [-0.4, -0.2) is 22.1 Å². The van der Waals surface area contributed by atoms with Gasteiger partial charge in [0, 0.05) is 18.8 Å². The van der Waals surface area contributed by atoms with Crippen LogP contribution in [0, 0.1) is 0 Å². The summed E-state index contributed by atoms with van der Waals surface area (Å²) in [7, 11) is 0. The van der Waals surface area contributed by atoms with Gasteiger partial charge in [-0.15, -0.1) is 0 Å². The van der Waals surface area contributed by atoms with Crippen molar-refractivity contribution in [2.75, 3.05) is 6.61 Å². The van der Waals surface area contributed by atoms with Crippen LogP contribution in [0.5, 0.6) is 0 Å². The molecule has 3 heteroatoms. The second-order valence-electron chi connectivity index (χ2n) is 1.93. The van der Waals surface area contributed by atoms with E-state index in [4.69, 9.17) is 5.11 Å². The van der Waals surface area contributed by atoms with E-state index in [0.717, 1.165) is 0 Å². The summed E-state index contributed by atoms with van der Waals surface area (Å²) in [5, 5.41) is 8.80. The van der Waals surface area contributed by atoms with Crippen molar-refractivity contribution < 1.29 is 9.90 Å². The predicted octanol–water partition coefficient (Wildman–Crippen LogP) is 1.04. The summed E-state index contributed by atoms with van der Waals surface area (Å²) >= 11 is 1.28. The summed E-state index contributed by atoms with van der Waals surface area (Å²) < 4.78 is 0. The molecule has 0 aromatic heterocycles. The summed E-state index contributed by atoms with van der Waals surface area (Å²) in [4.78, 5) is 10.4. The molecule has 0 radical (unpaired) electrons. The third-order valence-electron chi connectivity index (χ3n) is 0.903. The van der Waals surface area contributed by atoms with Crippen LogP contribution in [-0.2, 0) is 4.79 Å². The highest BCUT2D eigenvalue weighted by atomic mass is 32.2. The highest BCUT2D eigenvalue weighted by Gasteiger charge is 2.03. The smallest absolute Gasteiger partial charge is 0.186 e. The average molecular weight is 148 g/mol. The third kappa shape index (κ3) is 5.86. The zero-order chi connectivity index (χ0) is 7.28. The second kappa shape index (κ2) is 4.82. The number of hydrogen-bond donors (Lipinski definition) is 1. The van der Waals surface area contributed by atoms with E-state index in [1.54, 1.807) is 6.92 Å². The molecule has 2 nitrogen and oxygen atoms in total. The first-order valence-electron chi connectivity index (χ1n) is 2.95. The number of thioether (sulfide) groups is 1. The Kier molecular flexibility index (Phi) is 4.81. The second-order valence-corrected chi connectivity index (χ2v) is 3.55. The molecule has 0 aromatic rings. The molecule has 0 heterocycles. The first-order chi connectivity index (χ1) is 4.16. The maximum atomic E-state index is 10.4. The molecule has 9 heavy (non-hydrogen) atoms. The lowest BCUT2D eigenvalue weighted by molar-refractivity contribution is -0.109. The Labute approximate surface area is 59.6 Å². The van der Waals surface area contributed by atoms with E-state index in [1.807, 2.05) is 6.92 Å². The molecule has 54 valence electrons. The Morgan fingerprint density at radius 2 is 2.33 bits per heavy atom. The van der Waals surface area contributed by atoms with Gasteiger partial charge in [-0.2, -0.15) is 0 Å². The maximum absolute atomic E-state index is 10.4. The van der Waals surface area contributed by atoms with Gasteiger partial charge < -0.3 is 5.11 Å². The Morgan fingerprint density at radius 1 is 1.78 bits per heavy atom. The number of aliphatic hydroxyl groups excluding tert-OH is 1. The van der Waals surface area contributed by atoms with Gasteiger partial charge in [0.15, 0.2) is 5.12 Å². The van der Waals surface area contributed by atoms with Crippen molar-refractivity contribution in [3.63, 3.8) is 0 Å². The molecular weight excluding hydrogens is 136 g/mol. The van der Waals surface area contributed by atoms with E-state index in [1.165, 1.54) is 11.8 Å². The molecule has 1 atom stereocenters. The molecule has 0 bridgehead atoms. The molecule has 0 aliphatic rings. The molecule has 1 unspecified atom stereocenters. The largest absolute Gasteiger partial charge is 0.396 e. The number of aliphatic hydroxyl groups is 1. The summed E-state index contributed by atoms with van der Waals surface area (Å²) in [6, 6.07) is 0.